The molecule has 0 fully saturated rings. The van der Waals surface area contributed by atoms with Crippen LogP contribution in [-0.4, -0.2) is 33.2 Å². The minimum Gasteiger partial charge on any atom is -0.465 e. The van der Waals surface area contributed by atoms with Crippen molar-refractivity contribution in [3.63, 3.8) is 0 Å². The van der Waals surface area contributed by atoms with Gasteiger partial charge in [0, 0.05) is 0 Å². The maximum absolute atomic E-state index is 12.9. The third-order valence-electron chi connectivity index (χ3n) is 3.66. The highest BCUT2D eigenvalue weighted by Gasteiger charge is 2.46. The molecule has 1 N–H and O–H groups in total. The van der Waals surface area contributed by atoms with E-state index in [0.29, 0.717) is 5.56 Å². The fourth-order valence-corrected chi connectivity index (χ4v) is 2.65. The molecule has 25 heavy (non-hydrogen) atoms. The van der Waals surface area contributed by atoms with E-state index in [1.807, 2.05) is 0 Å². The predicted octanol–water partition coefficient (Wildman–Crippen LogP) is 2.02. The lowest BCUT2D eigenvalue weighted by Gasteiger charge is -2.30. The minimum absolute atomic E-state index is 0.0299. The lowest BCUT2D eigenvalue weighted by atomic mass is 9.91. The second kappa shape index (κ2) is 6.19. The summed E-state index contributed by atoms with van der Waals surface area (Å²) in [4.78, 5) is 27.9. The van der Waals surface area contributed by atoms with Gasteiger partial charge in [-0.25, -0.2) is 4.68 Å². The summed E-state index contributed by atoms with van der Waals surface area (Å²) in [6, 6.07) is 7.08. The van der Waals surface area contributed by atoms with Crippen molar-refractivity contribution in [2.24, 2.45) is 5.92 Å². The predicted molar refractivity (Wildman–Crippen MR) is 78.4 cm³/mol. The molecule has 0 spiro atoms. The van der Waals surface area contributed by atoms with E-state index in [9.17, 15) is 22.8 Å². The Balaban J connectivity index is 2.15. The Bertz CT molecular complexity index is 804. The summed E-state index contributed by atoms with van der Waals surface area (Å²) < 4.78 is 44.6. The maximum Gasteiger partial charge on any atom is 0.453 e. The first-order chi connectivity index (χ1) is 11.8. The Morgan fingerprint density at radius 3 is 2.60 bits per heavy atom. The molecule has 1 aliphatic heterocycles. The van der Waals surface area contributed by atoms with E-state index in [1.54, 1.807) is 37.3 Å². The number of ether oxygens (including phenoxy) is 1. The molecule has 10 heteroatoms. The van der Waals surface area contributed by atoms with Crippen molar-refractivity contribution < 1.29 is 27.5 Å². The maximum atomic E-state index is 12.9. The Kier molecular flexibility index (Phi) is 4.19. The lowest BCUT2D eigenvalue weighted by molar-refractivity contribution is -0.152. The fourth-order valence-electron chi connectivity index (χ4n) is 2.65. The van der Waals surface area contributed by atoms with Crippen LogP contribution >= 0.6 is 0 Å². The van der Waals surface area contributed by atoms with E-state index >= 15 is 0 Å². The average Bonchev–Trinajstić information content (AvgIpc) is 2.98. The van der Waals surface area contributed by atoms with E-state index in [0.717, 1.165) is 4.68 Å². The van der Waals surface area contributed by atoms with Crippen LogP contribution in [0.25, 0.3) is 0 Å². The Labute approximate surface area is 139 Å². The van der Waals surface area contributed by atoms with Crippen LogP contribution < -0.4 is 5.32 Å². The van der Waals surface area contributed by atoms with Crippen LogP contribution in [0.15, 0.2) is 30.3 Å². The quantitative estimate of drug-likeness (QED) is 0.673. The first-order valence-corrected chi connectivity index (χ1v) is 7.39. The van der Waals surface area contributed by atoms with E-state index in [4.69, 9.17) is 4.74 Å². The number of hydrogen-bond donors (Lipinski definition) is 1. The number of aromatic nitrogens is 3. The van der Waals surface area contributed by atoms with Crippen LogP contribution in [0.2, 0.25) is 0 Å². The van der Waals surface area contributed by atoms with Gasteiger partial charge >= 0.3 is 12.1 Å². The number of amides is 1. The van der Waals surface area contributed by atoms with Crippen LogP contribution in [0.5, 0.6) is 0 Å². The summed E-state index contributed by atoms with van der Waals surface area (Å²) in [6.07, 6.45) is -4.78. The first-order valence-electron chi connectivity index (χ1n) is 7.39. The highest BCUT2D eigenvalue weighted by molar-refractivity contribution is 6.06. The SMILES string of the molecule is CCOC(=O)C1C(=O)Nc2nc(C(F)(F)F)nn2C1c1ccccc1. The normalized spacial score (nSPS) is 19.9. The van der Waals surface area contributed by atoms with Gasteiger partial charge in [0.2, 0.25) is 11.9 Å². The number of hydrogen-bond acceptors (Lipinski definition) is 5. The standard InChI is InChI=1S/C15H13F3N4O3/c1-2-25-12(24)9-10(8-6-4-3-5-7-8)22-14(19-11(9)23)20-13(21-22)15(16,17)18/h3-7,9-10H,2H2,1H3,(H,19,20,21,23). The highest BCUT2D eigenvalue weighted by atomic mass is 19.4. The molecule has 2 atom stereocenters. The average molecular weight is 354 g/mol. The van der Waals surface area contributed by atoms with Gasteiger partial charge in [0.05, 0.1) is 6.61 Å². The second-order valence-corrected chi connectivity index (χ2v) is 5.28. The summed E-state index contributed by atoms with van der Waals surface area (Å²) in [5.74, 6) is -4.78. The zero-order valence-electron chi connectivity index (χ0n) is 12.9. The van der Waals surface area contributed by atoms with Crippen LogP contribution in [0.4, 0.5) is 19.1 Å². The molecule has 1 amide bonds. The summed E-state index contributed by atoms with van der Waals surface area (Å²) in [5, 5.41) is 5.66. The molecule has 0 saturated carbocycles. The molecule has 2 unspecified atom stereocenters. The molecule has 0 aliphatic carbocycles. The zero-order chi connectivity index (χ0) is 18.2. The van der Waals surface area contributed by atoms with Gasteiger partial charge in [-0.2, -0.15) is 18.2 Å². The molecule has 132 valence electrons. The number of carbonyl (C=O) groups is 2. The van der Waals surface area contributed by atoms with Crippen molar-refractivity contribution >= 4 is 17.8 Å². The third kappa shape index (κ3) is 3.06. The zero-order valence-corrected chi connectivity index (χ0v) is 12.9. The number of esters is 1. The monoisotopic (exact) mass is 354 g/mol. The van der Waals surface area contributed by atoms with E-state index in [1.165, 1.54) is 0 Å². The molecule has 2 heterocycles. The number of nitrogens with one attached hydrogen (secondary N) is 1. The number of benzene rings is 1. The Hall–Kier alpha value is -2.91. The van der Waals surface area contributed by atoms with Gasteiger partial charge in [-0.3, -0.25) is 14.9 Å². The highest BCUT2D eigenvalue weighted by Crippen LogP contribution is 2.36. The van der Waals surface area contributed by atoms with Gasteiger partial charge in [-0.1, -0.05) is 30.3 Å². The van der Waals surface area contributed by atoms with Gasteiger partial charge in [0.15, 0.2) is 5.92 Å². The van der Waals surface area contributed by atoms with Gasteiger partial charge < -0.3 is 4.74 Å². The Morgan fingerprint density at radius 1 is 1.32 bits per heavy atom. The molecule has 0 saturated heterocycles. The van der Waals surface area contributed by atoms with Crippen LogP contribution in [0.3, 0.4) is 0 Å². The molecule has 1 aromatic carbocycles. The van der Waals surface area contributed by atoms with Crippen molar-refractivity contribution in [2.45, 2.75) is 19.1 Å². The van der Waals surface area contributed by atoms with E-state index in [-0.39, 0.29) is 12.6 Å². The number of rotatable bonds is 3. The summed E-state index contributed by atoms with van der Waals surface area (Å²) in [7, 11) is 0. The molecular weight excluding hydrogens is 341 g/mol. The first kappa shape index (κ1) is 16.9. The van der Waals surface area contributed by atoms with Gasteiger partial charge in [0.1, 0.15) is 6.04 Å². The molecule has 0 radical (unpaired) electrons. The topological polar surface area (TPSA) is 86.1 Å². The van der Waals surface area contributed by atoms with Crippen molar-refractivity contribution in [1.29, 1.82) is 0 Å². The number of anilines is 1. The smallest absolute Gasteiger partial charge is 0.453 e. The van der Waals surface area contributed by atoms with Crippen molar-refractivity contribution in [1.82, 2.24) is 14.8 Å². The number of alkyl halides is 3. The molecule has 0 bridgehead atoms. The largest absolute Gasteiger partial charge is 0.465 e. The van der Waals surface area contributed by atoms with Gasteiger partial charge in [-0.15, -0.1) is 5.10 Å². The number of halogens is 3. The fraction of sp³-hybridized carbons (Fsp3) is 0.333. The van der Waals surface area contributed by atoms with E-state index < -0.39 is 35.8 Å². The lowest BCUT2D eigenvalue weighted by Crippen LogP contribution is -2.43. The molecular formula is C15H13F3N4O3. The molecule has 2 aromatic rings. The molecule has 1 aliphatic rings. The third-order valence-corrected chi connectivity index (χ3v) is 3.66. The minimum atomic E-state index is -4.78. The molecule has 1 aromatic heterocycles. The summed E-state index contributed by atoms with van der Waals surface area (Å²) in [6.45, 7) is 1.60. The molecule has 7 nitrogen and oxygen atoms in total. The van der Waals surface area contributed by atoms with Crippen LogP contribution in [0.1, 0.15) is 24.4 Å². The number of fused-ring (bicyclic) bond motifs is 1. The van der Waals surface area contributed by atoms with Crippen molar-refractivity contribution in [3.05, 3.63) is 41.7 Å². The summed E-state index contributed by atoms with van der Waals surface area (Å²) >= 11 is 0. The van der Waals surface area contributed by atoms with Crippen LogP contribution in [0, 0.1) is 5.92 Å². The number of nitrogens with zero attached hydrogens (tertiary/aromatic N) is 3. The van der Waals surface area contributed by atoms with Crippen molar-refractivity contribution in [2.75, 3.05) is 11.9 Å². The van der Waals surface area contributed by atoms with Crippen LogP contribution in [-0.2, 0) is 20.5 Å². The van der Waals surface area contributed by atoms with Gasteiger partial charge in [0.25, 0.3) is 5.82 Å². The second-order valence-electron chi connectivity index (χ2n) is 5.28. The number of carbonyl (C=O) groups excluding carboxylic acids is 2. The Morgan fingerprint density at radius 2 is 2.00 bits per heavy atom. The van der Waals surface area contributed by atoms with E-state index in [2.05, 4.69) is 15.4 Å². The molecule has 3 rings (SSSR count). The van der Waals surface area contributed by atoms with Crippen molar-refractivity contribution in [3.8, 4) is 0 Å². The summed E-state index contributed by atoms with van der Waals surface area (Å²) in [5.41, 5.74) is 0.440. The van der Waals surface area contributed by atoms with Gasteiger partial charge in [-0.05, 0) is 12.5 Å².